The van der Waals surface area contributed by atoms with E-state index in [1.165, 1.54) is 25.1 Å². The molecule has 100 valence electrons. The van der Waals surface area contributed by atoms with Crippen LogP contribution in [0.1, 0.15) is 45.0 Å². The number of aromatic nitrogens is 3. The second-order valence-corrected chi connectivity index (χ2v) is 6.59. The molecule has 1 aromatic heterocycles. The molecule has 2 atom stereocenters. The van der Waals surface area contributed by atoms with Crippen molar-refractivity contribution in [3.05, 3.63) is 12.2 Å². The van der Waals surface area contributed by atoms with Gasteiger partial charge >= 0.3 is 0 Å². The lowest BCUT2D eigenvalue weighted by atomic mass is 9.79. The third-order valence-electron chi connectivity index (χ3n) is 4.68. The minimum atomic E-state index is 0.407. The van der Waals surface area contributed by atoms with Gasteiger partial charge in [0.1, 0.15) is 12.2 Å². The highest BCUT2D eigenvalue weighted by Gasteiger charge is 2.53. The first-order valence-corrected chi connectivity index (χ1v) is 7.16. The fourth-order valence-corrected chi connectivity index (χ4v) is 3.90. The first-order chi connectivity index (χ1) is 8.63. The van der Waals surface area contributed by atoms with E-state index >= 15 is 0 Å². The molecule has 4 heteroatoms. The molecular formula is C14H24N4. The van der Waals surface area contributed by atoms with Gasteiger partial charge in [0, 0.05) is 19.0 Å². The number of hydrogen-bond donors (Lipinski definition) is 1. The van der Waals surface area contributed by atoms with Gasteiger partial charge in [-0.1, -0.05) is 0 Å². The highest BCUT2D eigenvalue weighted by Crippen LogP contribution is 2.60. The molecule has 2 unspecified atom stereocenters. The van der Waals surface area contributed by atoms with Crippen molar-refractivity contribution in [1.82, 2.24) is 20.1 Å². The lowest BCUT2D eigenvalue weighted by Crippen LogP contribution is -2.34. The molecule has 0 aromatic carbocycles. The van der Waals surface area contributed by atoms with Crippen molar-refractivity contribution in [3.8, 4) is 0 Å². The predicted octanol–water partition coefficient (Wildman–Crippen LogP) is 2.04. The summed E-state index contributed by atoms with van der Waals surface area (Å²) in [6, 6.07) is 0.407. The summed E-state index contributed by atoms with van der Waals surface area (Å²) in [4.78, 5) is 4.49. The molecule has 0 amide bonds. The van der Waals surface area contributed by atoms with Crippen LogP contribution in [0.3, 0.4) is 0 Å². The van der Waals surface area contributed by atoms with Crippen molar-refractivity contribution >= 4 is 0 Å². The van der Waals surface area contributed by atoms with Crippen LogP contribution in [0, 0.1) is 17.3 Å². The SMILES string of the molecule is CNCC1(Cc2ncnn2C(C)C)CC2CC2C1. The van der Waals surface area contributed by atoms with Crippen LogP contribution < -0.4 is 5.32 Å². The van der Waals surface area contributed by atoms with Crippen LogP contribution in [-0.2, 0) is 6.42 Å². The Balaban J connectivity index is 1.78. The Hall–Kier alpha value is -0.900. The predicted molar refractivity (Wildman–Crippen MR) is 71.3 cm³/mol. The van der Waals surface area contributed by atoms with Gasteiger partial charge in [0.15, 0.2) is 0 Å². The maximum Gasteiger partial charge on any atom is 0.138 e. The largest absolute Gasteiger partial charge is 0.319 e. The Kier molecular flexibility index (Phi) is 2.93. The summed E-state index contributed by atoms with van der Waals surface area (Å²) in [5.74, 6) is 3.18. The second-order valence-electron chi connectivity index (χ2n) is 6.59. The van der Waals surface area contributed by atoms with Crippen LogP contribution in [-0.4, -0.2) is 28.4 Å². The number of nitrogens with one attached hydrogen (secondary N) is 1. The Labute approximate surface area is 109 Å². The van der Waals surface area contributed by atoms with Crippen LogP contribution >= 0.6 is 0 Å². The second kappa shape index (κ2) is 4.34. The minimum Gasteiger partial charge on any atom is -0.319 e. The summed E-state index contributed by atoms with van der Waals surface area (Å²) in [6.07, 6.45) is 7.02. The molecule has 4 nitrogen and oxygen atoms in total. The van der Waals surface area contributed by atoms with E-state index in [4.69, 9.17) is 0 Å². The molecule has 3 rings (SSSR count). The molecule has 0 aliphatic heterocycles. The van der Waals surface area contributed by atoms with E-state index in [0.717, 1.165) is 24.8 Å². The van der Waals surface area contributed by atoms with Crippen molar-refractivity contribution in [2.75, 3.05) is 13.6 Å². The smallest absolute Gasteiger partial charge is 0.138 e. The first-order valence-electron chi connectivity index (χ1n) is 7.16. The minimum absolute atomic E-state index is 0.407. The molecule has 2 saturated carbocycles. The molecule has 0 bridgehead atoms. The highest BCUT2D eigenvalue weighted by molar-refractivity contribution is 5.08. The summed E-state index contributed by atoms with van der Waals surface area (Å²) in [7, 11) is 2.07. The molecule has 0 spiro atoms. The van der Waals surface area contributed by atoms with Crippen LogP contribution in [0.15, 0.2) is 6.33 Å². The number of rotatable bonds is 5. The molecule has 1 aromatic rings. The molecule has 18 heavy (non-hydrogen) atoms. The molecule has 1 N–H and O–H groups in total. The summed E-state index contributed by atoms with van der Waals surface area (Å²) >= 11 is 0. The van der Waals surface area contributed by atoms with Crippen molar-refractivity contribution in [3.63, 3.8) is 0 Å². The maximum atomic E-state index is 4.49. The summed E-state index contributed by atoms with van der Waals surface area (Å²) in [6.45, 7) is 5.47. The number of fused-ring (bicyclic) bond motifs is 1. The van der Waals surface area contributed by atoms with E-state index in [1.807, 2.05) is 0 Å². The molecule has 2 fully saturated rings. The molecule has 1 heterocycles. The third-order valence-corrected chi connectivity index (χ3v) is 4.68. The molecule has 2 aliphatic carbocycles. The van der Waals surface area contributed by atoms with Crippen LogP contribution in [0.2, 0.25) is 0 Å². The van der Waals surface area contributed by atoms with Gasteiger partial charge in [-0.3, -0.25) is 0 Å². The molecular weight excluding hydrogens is 224 g/mol. The lowest BCUT2D eigenvalue weighted by Gasteiger charge is -2.30. The monoisotopic (exact) mass is 248 g/mol. The van der Waals surface area contributed by atoms with Gasteiger partial charge in [-0.15, -0.1) is 0 Å². The van der Waals surface area contributed by atoms with E-state index in [9.17, 15) is 0 Å². The van der Waals surface area contributed by atoms with E-state index < -0.39 is 0 Å². The van der Waals surface area contributed by atoms with Crippen LogP contribution in [0.25, 0.3) is 0 Å². The Morgan fingerprint density at radius 2 is 2.17 bits per heavy atom. The highest BCUT2D eigenvalue weighted by atomic mass is 15.3. The number of nitrogens with zero attached hydrogens (tertiary/aromatic N) is 3. The Morgan fingerprint density at radius 1 is 1.44 bits per heavy atom. The summed E-state index contributed by atoms with van der Waals surface area (Å²) < 4.78 is 2.08. The normalized spacial score (nSPS) is 34.0. The average molecular weight is 248 g/mol. The molecule has 2 aliphatic rings. The summed E-state index contributed by atoms with van der Waals surface area (Å²) in [5.41, 5.74) is 0.433. The lowest BCUT2D eigenvalue weighted by molar-refractivity contribution is 0.244. The van der Waals surface area contributed by atoms with Gasteiger partial charge in [-0.05, 0) is 57.4 Å². The Bertz CT molecular complexity index is 413. The maximum absolute atomic E-state index is 4.49. The number of hydrogen-bond acceptors (Lipinski definition) is 3. The average Bonchev–Trinajstić information content (AvgIpc) is 2.76. The van der Waals surface area contributed by atoms with E-state index in [0.29, 0.717) is 11.5 Å². The van der Waals surface area contributed by atoms with Crippen molar-refractivity contribution in [2.24, 2.45) is 17.3 Å². The molecule has 0 radical (unpaired) electrons. The van der Waals surface area contributed by atoms with E-state index in [1.54, 1.807) is 6.33 Å². The first kappa shape index (κ1) is 12.2. The quantitative estimate of drug-likeness (QED) is 0.867. The van der Waals surface area contributed by atoms with Gasteiger partial charge < -0.3 is 5.32 Å². The van der Waals surface area contributed by atoms with E-state index in [2.05, 4.69) is 41.0 Å². The third kappa shape index (κ3) is 2.07. The van der Waals surface area contributed by atoms with Crippen molar-refractivity contribution in [2.45, 2.75) is 45.6 Å². The van der Waals surface area contributed by atoms with Crippen LogP contribution in [0.4, 0.5) is 0 Å². The van der Waals surface area contributed by atoms with Gasteiger partial charge in [0.05, 0.1) is 0 Å². The topological polar surface area (TPSA) is 42.7 Å². The molecule has 0 saturated heterocycles. The van der Waals surface area contributed by atoms with Crippen molar-refractivity contribution < 1.29 is 0 Å². The zero-order valence-corrected chi connectivity index (χ0v) is 11.7. The standard InChI is InChI=1S/C14H24N4/c1-10(2)18-13(16-9-17-18)7-14(8-15-3)5-11-4-12(11)6-14/h9-12,15H,4-8H2,1-3H3. The van der Waals surface area contributed by atoms with Gasteiger partial charge in [0.2, 0.25) is 0 Å². The van der Waals surface area contributed by atoms with Gasteiger partial charge in [-0.2, -0.15) is 5.10 Å². The zero-order valence-electron chi connectivity index (χ0n) is 11.7. The van der Waals surface area contributed by atoms with E-state index in [-0.39, 0.29) is 0 Å². The fourth-order valence-electron chi connectivity index (χ4n) is 3.90. The zero-order chi connectivity index (χ0) is 12.8. The Morgan fingerprint density at radius 3 is 2.78 bits per heavy atom. The fraction of sp³-hybridized carbons (Fsp3) is 0.857. The van der Waals surface area contributed by atoms with Crippen LogP contribution in [0.5, 0.6) is 0 Å². The van der Waals surface area contributed by atoms with Gasteiger partial charge in [0.25, 0.3) is 0 Å². The summed E-state index contributed by atoms with van der Waals surface area (Å²) in [5, 5.41) is 7.76. The van der Waals surface area contributed by atoms with Crippen molar-refractivity contribution in [1.29, 1.82) is 0 Å². The van der Waals surface area contributed by atoms with Gasteiger partial charge in [-0.25, -0.2) is 9.67 Å².